The lowest BCUT2D eigenvalue weighted by atomic mass is 10.0. The Balaban J connectivity index is 2.05. The van der Waals surface area contributed by atoms with Crippen molar-refractivity contribution in [2.24, 2.45) is 0 Å². The summed E-state index contributed by atoms with van der Waals surface area (Å²) in [5.41, 5.74) is 5.51. The normalized spacial score (nSPS) is 10.6. The van der Waals surface area contributed by atoms with Crippen LogP contribution in [0.2, 0.25) is 0 Å². The Hall–Kier alpha value is -3.12. The molecule has 1 amide bonds. The number of benzene rings is 2. The molecule has 1 aromatic heterocycles. The highest BCUT2D eigenvalue weighted by Crippen LogP contribution is 2.40. The molecule has 5 nitrogen and oxygen atoms in total. The lowest BCUT2D eigenvalue weighted by molar-refractivity contribution is 0.0529. The van der Waals surface area contributed by atoms with Gasteiger partial charge in [-0.1, -0.05) is 17.7 Å². The van der Waals surface area contributed by atoms with Gasteiger partial charge in [-0.2, -0.15) is 0 Å². The monoisotopic (exact) mass is 423 g/mol. The third kappa shape index (κ3) is 4.39. The smallest absolute Gasteiger partial charge is 0.341 e. The summed E-state index contributed by atoms with van der Waals surface area (Å²) < 4.78 is 10.8. The van der Waals surface area contributed by atoms with Crippen LogP contribution in [0.4, 0.5) is 5.00 Å². The minimum atomic E-state index is -0.479. The number of carbonyl (C=O) groups is 2. The summed E-state index contributed by atoms with van der Waals surface area (Å²) in [4.78, 5) is 25.7. The zero-order valence-electron chi connectivity index (χ0n) is 17.8. The summed E-state index contributed by atoms with van der Waals surface area (Å²) in [6.45, 7) is 7.93. The highest BCUT2D eigenvalue weighted by atomic mass is 32.1. The fourth-order valence-electron chi connectivity index (χ4n) is 3.14. The zero-order valence-corrected chi connectivity index (χ0v) is 18.6. The summed E-state index contributed by atoms with van der Waals surface area (Å²) in [5.74, 6) is -0.100. The Morgan fingerprint density at radius 3 is 2.43 bits per heavy atom. The van der Waals surface area contributed by atoms with E-state index < -0.39 is 5.97 Å². The summed E-state index contributed by atoms with van der Waals surface area (Å²) >= 11 is 1.29. The number of hydrogen-bond acceptors (Lipinski definition) is 5. The highest BCUT2D eigenvalue weighted by Gasteiger charge is 2.25. The SMILES string of the molecule is CCOC(=O)c1c(-c2cc(C)ccc2OC)csc1NC(=O)c1ccc(C)c(C)c1. The quantitative estimate of drug-likeness (QED) is 0.511. The number of hydrogen-bond donors (Lipinski definition) is 1. The molecule has 0 saturated carbocycles. The highest BCUT2D eigenvalue weighted by molar-refractivity contribution is 7.15. The first-order valence-electron chi connectivity index (χ1n) is 9.68. The zero-order chi connectivity index (χ0) is 21.8. The maximum Gasteiger partial charge on any atom is 0.341 e. The second kappa shape index (κ2) is 9.13. The maximum atomic E-state index is 12.9. The van der Waals surface area contributed by atoms with E-state index in [4.69, 9.17) is 9.47 Å². The molecule has 0 aliphatic heterocycles. The van der Waals surface area contributed by atoms with Crippen LogP contribution in [-0.2, 0) is 4.74 Å². The first-order chi connectivity index (χ1) is 14.3. The average Bonchev–Trinajstić information content (AvgIpc) is 3.13. The van der Waals surface area contributed by atoms with Gasteiger partial charge in [0.15, 0.2) is 0 Å². The molecule has 2 aromatic carbocycles. The number of ether oxygens (including phenoxy) is 2. The molecule has 0 aliphatic rings. The van der Waals surface area contributed by atoms with Crippen LogP contribution in [0.5, 0.6) is 5.75 Å². The van der Waals surface area contributed by atoms with Crippen LogP contribution in [0.15, 0.2) is 41.8 Å². The summed E-state index contributed by atoms with van der Waals surface area (Å²) in [5, 5.41) is 5.19. The summed E-state index contributed by atoms with van der Waals surface area (Å²) in [6, 6.07) is 11.3. The van der Waals surface area contributed by atoms with Gasteiger partial charge in [0.25, 0.3) is 5.91 Å². The van der Waals surface area contributed by atoms with E-state index in [0.717, 1.165) is 22.3 Å². The number of anilines is 1. The third-order valence-electron chi connectivity index (χ3n) is 4.91. The van der Waals surface area contributed by atoms with E-state index in [-0.39, 0.29) is 12.5 Å². The van der Waals surface area contributed by atoms with Gasteiger partial charge in [-0.25, -0.2) is 4.79 Å². The van der Waals surface area contributed by atoms with Crippen LogP contribution < -0.4 is 10.1 Å². The van der Waals surface area contributed by atoms with Crippen molar-refractivity contribution in [3.05, 3.63) is 69.6 Å². The van der Waals surface area contributed by atoms with Crippen molar-refractivity contribution in [3.63, 3.8) is 0 Å². The molecule has 3 rings (SSSR count). The largest absolute Gasteiger partial charge is 0.496 e. The van der Waals surface area contributed by atoms with E-state index in [1.54, 1.807) is 20.1 Å². The number of rotatable bonds is 6. The lowest BCUT2D eigenvalue weighted by Crippen LogP contribution is -2.15. The molecule has 0 fully saturated rings. The van der Waals surface area contributed by atoms with E-state index >= 15 is 0 Å². The number of carbonyl (C=O) groups excluding carboxylic acids is 2. The van der Waals surface area contributed by atoms with Gasteiger partial charge in [0.1, 0.15) is 16.3 Å². The molecule has 6 heteroatoms. The number of esters is 1. The Morgan fingerprint density at radius 1 is 1.00 bits per heavy atom. The Morgan fingerprint density at radius 2 is 1.77 bits per heavy atom. The maximum absolute atomic E-state index is 12.9. The van der Waals surface area contributed by atoms with E-state index in [0.29, 0.717) is 27.4 Å². The molecule has 1 N–H and O–H groups in total. The molecule has 1 heterocycles. The van der Waals surface area contributed by atoms with Gasteiger partial charge in [-0.05, 0) is 63.1 Å². The Kier molecular flexibility index (Phi) is 6.57. The third-order valence-corrected chi connectivity index (χ3v) is 5.81. The van der Waals surface area contributed by atoms with Gasteiger partial charge < -0.3 is 14.8 Å². The van der Waals surface area contributed by atoms with Crippen molar-refractivity contribution in [2.75, 3.05) is 19.0 Å². The van der Waals surface area contributed by atoms with Crippen LogP contribution in [0.25, 0.3) is 11.1 Å². The van der Waals surface area contributed by atoms with Gasteiger partial charge in [0.05, 0.1) is 13.7 Å². The molecule has 0 bridgehead atoms. The van der Waals surface area contributed by atoms with Crippen LogP contribution in [0.1, 0.15) is 44.3 Å². The molecule has 156 valence electrons. The Bertz CT molecular complexity index is 1100. The van der Waals surface area contributed by atoms with Crippen LogP contribution in [-0.4, -0.2) is 25.6 Å². The van der Waals surface area contributed by atoms with E-state index in [2.05, 4.69) is 5.32 Å². The average molecular weight is 424 g/mol. The number of thiophene rings is 1. The van der Waals surface area contributed by atoms with Gasteiger partial charge in [0.2, 0.25) is 0 Å². The molecular weight excluding hydrogens is 398 g/mol. The van der Waals surface area contributed by atoms with Gasteiger partial charge >= 0.3 is 5.97 Å². The molecule has 0 radical (unpaired) electrons. The standard InChI is InChI=1S/C24H25NO4S/c1-6-29-24(27)21-19(18-11-14(2)7-10-20(18)28-5)13-30-23(21)25-22(26)17-9-8-15(3)16(4)12-17/h7-13H,6H2,1-5H3,(H,25,26). The molecule has 3 aromatic rings. The summed E-state index contributed by atoms with van der Waals surface area (Å²) in [7, 11) is 1.59. The molecule has 30 heavy (non-hydrogen) atoms. The van der Waals surface area contributed by atoms with E-state index in [9.17, 15) is 9.59 Å². The predicted molar refractivity (Wildman–Crippen MR) is 121 cm³/mol. The van der Waals surface area contributed by atoms with Crippen molar-refractivity contribution in [3.8, 4) is 16.9 Å². The van der Waals surface area contributed by atoms with E-state index in [1.165, 1.54) is 11.3 Å². The fourth-order valence-corrected chi connectivity index (χ4v) is 4.09. The molecule has 0 saturated heterocycles. The number of nitrogens with one attached hydrogen (secondary N) is 1. The van der Waals surface area contributed by atoms with Gasteiger partial charge in [-0.3, -0.25) is 4.79 Å². The predicted octanol–water partition coefficient (Wildman–Crippen LogP) is 5.78. The molecule has 0 spiro atoms. The first kappa shape index (κ1) is 21.6. The fraction of sp³-hybridized carbons (Fsp3) is 0.250. The van der Waals surface area contributed by atoms with Gasteiger partial charge in [-0.15, -0.1) is 11.3 Å². The molecular formula is C24H25NO4S. The van der Waals surface area contributed by atoms with Crippen molar-refractivity contribution >= 4 is 28.2 Å². The summed E-state index contributed by atoms with van der Waals surface area (Å²) in [6.07, 6.45) is 0. The van der Waals surface area contributed by atoms with Crippen LogP contribution in [0, 0.1) is 20.8 Å². The second-order valence-corrected chi connectivity index (χ2v) is 7.91. The topological polar surface area (TPSA) is 64.6 Å². The van der Waals surface area contributed by atoms with Gasteiger partial charge in [0, 0.05) is 22.1 Å². The number of methoxy groups -OCH3 is 1. The first-order valence-corrected chi connectivity index (χ1v) is 10.6. The number of amides is 1. The number of aryl methyl sites for hydroxylation is 3. The van der Waals surface area contributed by atoms with E-state index in [1.807, 2.05) is 56.5 Å². The second-order valence-electron chi connectivity index (χ2n) is 7.03. The van der Waals surface area contributed by atoms with Crippen molar-refractivity contribution in [1.82, 2.24) is 0 Å². The van der Waals surface area contributed by atoms with Crippen LogP contribution >= 0.6 is 11.3 Å². The van der Waals surface area contributed by atoms with Crippen molar-refractivity contribution in [2.45, 2.75) is 27.7 Å². The molecule has 0 unspecified atom stereocenters. The van der Waals surface area contributed by atoms with Crippen molar-refractivity contribution < 1.29 is 19.1 Å². The Labute approximate surface area is 180 Å². The minimum Gasteiger partial charge on any atom is -0.496 e. The molecule has 0 aliphatic carbocycles. The van der Waals surface area contributed by atoms with Crippen LogP contribution in [0.3, 0.4) is 0 Å². The molecule has 0 atom stereocenters. The van der Waals surface area contributed by atoms with Crippen molar-refractivity contribution in [1.29, 1.82) is 0 Å². The minimum absolute atomic E-state index is 0.240. The lowest BCUT2D eigenvalue weighted by Gasteiger charge is -2.12.